The van der Waals surface area contributed by atoms with Gasteiger partial charge in [-0.05, 0) is 36.9 Å². The molecule has 1 aliphatic heterocycles. The zero-order valence-electron chi connectivity index (χ0n) is 19.0. The maximum atomic E-state index is 13.0. The molecular formula is C25H34N4O3. The number of morpholine rings is 1. The minimum Gasteiger partial charge on any atom is -0.379 e. The standard InChI is InChI=1S/C25H34N4O3/c1-3-28(2)24(21-9-5-4-6-10-21)25(31)26-19-20-8-7-11-22(18-20)27-23(30)12-13-29-14-16-32-17-15-29/h4-11,18,24H,3,12-17,19H2,1-2H3,(H,26,31)(H,27,30). The summed E-state index contributed by atoms with van der Waals surface area (Å²) in [6.45, 7) is 7.14. The Hall–Kier alpha value is -2.74. The quantitative estimate of drug-likeness (QED) is 0.597. The molecule has 172 valence electrons. The number of benzene rings is 2. The van der Waals surface area contributed by atoms with Crippen molar-refractivity contribution in [2.45, 2.75) is 25.9 Å². The lowest BCUT2D eigenvalue weighted by molar-refractivity contribution is -0.126. The lowest BCUT2D eigenvalue weighted by Crippen LogP contribution is -2.38. The van der Waals surface area contributed by atoms with Crippen LogP contribution in [0, 0.1) is 0 Å². The summed E-state index contributed by atoms with van der Waals surface area (Å²) in [5.74, 6) is -0.0492. The third-order valence-electron chi connectivity index (χ3n) is 5.74. The highest BCUT2D eigenvalue weighted by molar-refractivity contribution is 5.91. The van der Waals surface area contributed by atoms with E-state index in [-0.39, 0.29) is 17.9 Å². The van der Waals surface area contributed by atoms with Crippen LogP contribution in [0.25, 0.3) is 0 Å². The summed E-state index contributed by atoms with van der Waals surface area (Å²) in [5, 5.41) is 6.02. The van der Waals surface area contributed by atoms with Gasteiger partial charge in [0.05, 0.1) is 13.2 Å². The number of likely N-dealkylation sites (N-methyl/N-ethyl adjacent to an activating group) is 1. The summed E-state index contributed by atoms with van der Waals surface area (Å²) < 4.78 is 5.34. The van der Waals surface area contributed by atoms with Gasteiger partial charge in [-0.2, -0.15) is 0 Å². The molecule has 1 heterocycles. The first-order valence-corrected chi connectivity index (χ1v) is 11.3. The van der Waals surface area contributed by atoms with E-state index >= 15 is 0 Å². The second-order valence-corrected chi connectivity index (χ2v) is 8.06. The molecular weight excluding hydrogens is 404 g/mol. The average molecular weight is 439 g/mol. The molecule has 2 aromatic rings. The van der Waals surface area contributed by atoms with E-state index in [1.807, 2.05) is 73.5 Å². The van der Waals surface area contributed by atoms with Crippen molar-refractivity contribution in [2.75, 3.05) is 51.8 Å². The Morgan fingerprint density at radius 1 is 1.09 bits per heavy atom. The molecule has 0 radical (unpaired) electrons. The van der Waals surface area contributed by atoms with Crippen LogP contribution in [0.5, 0.6) is 0 Å². The highest BCUT2D eigenvalue weighted by Crippen LogP contribution is 2.20. The van der Waals surface area contributed by atoms with Gasteiger partial charge in [0.1, 0.15) is 6.04 Å². The Morgan fingerprint density at radius 2 is 1.84 bits per heavy atom. The molecule has 7 nitrogen and oxygen atoms in total. The predicted molar refractivity (Wildman–Crippen MR) is 126 cm³/mol. The normalized spacial score (nSPS) is 15.3. The van der Waals surface area contributed by atoms with Gasteiger partial charge in [0, 0.05) is 38.3 Å². The predicted octanol–water partition coefficient (Wildman–Crippen LogP) is 2.66. The van der Waals surface area contributed by atoms with Crippen molar-refractivity contribution in [3.05, 3.63) is 65.7 Å². The van der Waals surface area contributed by atoms with Gasteiger partial charge >= 0.3 is 0 Å². The van der Waals surface area contributed by atoms with Gasteiger partial charge < -0.3 is 15.4 Å². The molecule has 7 heteroatoms. The number of nitrogens with zero attached hydrogens (tertiary/aromatic N) is 2. The van der Waals surface area contributed by atoms with Crippen LogP contribution in [0.4, 0.5) is 5.69 Å². The number of rotatable bonds is 10. The van der Waals surface area contributed by atoms with Crippen LogP contribution in [0.3, 0.4) is 0 Å². The first-order valence-electron chi connectivity index (χ1n) is 11.3. The summed E-state index contributed by atoms with van der Waals surface area (Å²) in [6.07, 6.45) is 0.447. The third-order valence-corrected chi connectivity index (χ3v) is 5.74. The fourth-order valence-corrected chi connectivity index (χ4v) is 3.78. The first-order chi connectivity index (χ1) is 15.6. The van der Waals surface area contributed by atoms with Crippen LogP contribution in [-0.2, 0) is 20.9 Å². The minimum atomic E-state index is -0.343. The zero-order valence-corrected chi connectivity index (χ0v) is 19.0. The van der Waals surface area contributed by atoms with Crippen molar-refractivity contribution in [3.63, 3.8) is 0 Å². The number of anilines is 1. The number of carbonyl (C=O) groups is 2. The lowest BCUT2D eigenvalue weighted by atomic mass is 10.0. The Labute approximate surface area is 190 Å². The number of hydrogen-bond donors (Lipinski definition) is 2. The van der Waals surface area contributed by atoms with Gasteiger partial charge in [0.15, 0.2) is 0 Å². The van der Waals surface area contributed by atoms with E-state index in [1.165, 1.54) is 0 Å². The first kappa shape index (κ1) is 23.9. The summed E-state index contributed by atoms with van der Waals surface area (Å²) >= 11 is 0. The average Bonchev–Trinajstić information content (AvgIpc) is 2.83. The molecule has 0 aromatic heterocycles. The van der Waals surface area contributed by atoms with Crippen molar-refractivity contribution in [3.8, 4) is 0 Å². The van der Waals surface area contributed by atoms with E-state index in [4.69, 9.17) is 4.74 Å². The lowest BCUT2D eigenvalue weighted by Gasteiger charge is -2.26. The molecule has 1 unspecified atom stereocenters. The molecule has 0 bridgehead atoms. The molecule has 32 heavy (non-hydrogen) atoms. The van der Waals surface area contributed by atoms with Crippen LogP contribution in [0.1, 0.15) is 30.5 Å². The fourth-order valence-electron chi connectivity index (χ4n) is 3.78. The third kappa shape index (κ3) is 7.15. The van der Waals surface area contributed by atoms with Gasteiger partial charge in [-0.25, -0.2) is 0 Å². The van der Waals surface area contributed by atoms with E-state index in [1.54, 1.807) is 0 Å². The SMILES string of the molecule is CCN(C)C(C(=O)NCc1cccc(NC(=O)CCN2CCOCC2)c1)c1ccccc1. The van der Waals surface area contributed by atoms with Gasteiger partial charge in [0.2, 0.25) is 11.8 Å². The summed E-state index contributed by atoms with van der Waals surface area (Å²) in [5.41, 5.74) is 2.65. The number of carbonyl (C=O) groups excluding carboxylic acids is 2. The van der Waals surface area contributed by atoms with Crippen LogP contribution < -0.4 is 10.6 Å². The molecule has 3 rings (SSSR count). The summed E-state index contributed by atoms with van der Waals surface area (Å²) in [6, 6.07) is 17.1. The molecule has 1 atom stereocenters. The van der Waals surface area contributed by atoms with Crippen molar-refractivity contribution in [1.29, 1.82) is 0 Å². The highest BCUT2D eigenvalue weighted by Gasteiger charge is 2.23. The molecule has 0 aliphatic carbocycles. The largest absolute Gasteiger partial charge is 0.379 e. The number of nitrogens with one attached hydrogen (secondary N) is 2. The monoisotopic (exact) mass is 438 g/mol. The van der Waals surface area contributed by atoms with Crippen LogP contribution in [0.15, 0.2) is 54.6 Å². The molecule has 1 aliphatic rings. The molecule has 2 amide bonds. The molecule has 1 saturated heterocycles. The number of ether oxygens (including phenoxy) is 1. The van der Waals surface area contributed by atoms with Crippen molar-refractivity contribution in [1.82, 2.24) is 15.1 Å². The van der Waals surface area contributed by atoms with Gasteiger partial charge in [0.25, 0.3) is 0 Å². The Balaban J connectivity index is 1.53. The number of amides is 2. The second-order valence-electron chi connectivity index (χ2n) is 8.06. The maximum absolute atomic E-state index is 13.0. The summed E-state index contributed by atoms with van der Waals surface area (Å²) in [7, 11) is 1.95. The highest BCUT2D eigenvalue weighted by atomic mass is 16.5. The van der Waals surface area contributed by atoms with Crippen LogP contribution >= 0.6 is 0 Å². The Kier molecular flexibility index (Phi) is 9.22. The molecule has 0 saturated carbocycles. The smallest absolute Gasteiger partial charge is 0.242 e. The molecule has 2 aromatic carbocycles. The molecule has 0 spiro atoms. The van der Waals surface area contributed by atoms with E-state index in [2.05, 4.69) is 15.5 Å². The zero-order chi connectivity index (χ0) is 22.8. The Morgan fingerprint density at radius 3 is 2.56 bits per heavy atom. The van der Waals surface area contributed by atoms with Crippen molar-refractivity contribution < 1.29 is 14.3 Å². The topological polar surface area (TPSA) is 73.9 Å². The maximum Gasteiger partial charge on any atom is 0.242 e. The van der Waals surface area contributed by atoms with E-state index in [0.29, 0.717) is 13.0 Å². The van der Waals surface area contributed by atoms with E-state index < -0.39 is 0 Å². The minimum absolute atomic E-state index is 0.00797. The van der Waals surface area contributed by atoms with Gasteiger partial charge in [-0.1, -0.05) is 49.4 Å². The molecule has 1 fully saturated rings. The van der Waals surface area contributed by atoms with Crippen LogP contribution in [0.2, 0.25) is 0 Å². The van der Waals surface area contributed by atoms with Crippen molar-refractivity contribution in [2.24, 2.45) is 0 Å². The summed E-state index contributed by atoms with van der Waals surface area (Å²) in [4.78, 5) is 29.6. The molecule has 2 N–H and O–H groups in total. The Bertz CT molecular complexity index is 869. The fraction of sp³-hybridized carbons (Fsp3) is 0.440. The second kappa shape index (κ2) is 12.3. The van der Waals surface area contributed by atoms with Gasteiger partial charge in [-0.3, -0.25) is 19.4 Å². The van der Waals surface area contributed by atoms with Gasteiger partial charge in [-0.15, -0.1) is 0 Å². The van der Waals surface area contributed by atoms with E-state index in [9.17, 15) is 9.59 Å². The number of hydrogen-bond acceptors (Lipinski definition) is 5. The van der Waals surface area contributed by atoms with Crippen molar-refractivity contribution >= 4 is 17.5 Å². The van der Waals surface area contributed by atoms with Crippen LogP contribution in [-0.4, -0.2) is 68.1 Å². The van der Waals surface area contributed by atoms with E-state index in [0.717, 1.165) is 56.2 Å².